The lowest BCUT2D eigenvalue weighted by molar-refractivity contribution is -0.249. The summed E-state index contributed by atoms with van der Waals surface area (Å²) >= 11 is 0. The zero-order chi connectivity index (χ0) is 28.5. The van der Waals surface area contributed by atoms with Gasteiger partial charge in [0.05, 0.1) is 59.3 Å². The smallest absolute Gasteiger partial charge is 0.248 e. The Labute approximate surface area is 229 Å². The van der Waals surface area contributed by atoms with Gasteiger partial charge in [-0.1, -0.05) is 31.2 Å². The lowest BCUT2D eigenvalue weighted by atomic mass is 9.83. The van der Waals surface area contributed by atoms with Crippen LogP contribution in [0.5, 0.6) is 11.5 Å². The van der Waals surface area contributed by atoms with Gasteiger partial charge in [0.2, 0.25) is 5.91 Å². The second-order valence-electron chi connectivity index (χ2n) is 9.58. The molecule has 10 nitrogen and oxygen atoms in total. The molecule has 2 aromatic rings. The minimum Gasteiger partial charge on any atom is -0.497 e. The van der Waals surface area contributed by atoms with Gasteiger partial charge in [-0.25, -0.2) is 5.06 Å². The molecule has 0 unspecified atom stereocenters. The highest BCUT2D eigenvalue weighted by Crippen LogP contribution is 2.35. The molecule has 0 aromatic heterocycles. The normalized spacial score (nSPS) is 23.6. The Kier molecular flexibility index (Phi) is 11.3. The van der Waals surface area contributed by atoms with Crippen molar-refractivity contribution in [2.24, 2.45) is 5.92 Å². The standard InChI is InChI=1S/C29H39NO9/c1-18-27(26(33)19(2)31)39-24(15-25(32)30(3)36-6)29(38-17-21-9-13-23(35-5)14-10-21)28(18)37-16-20-7-11-22(34-4)12-8-20/h7-14,18,24,26-29,33H,15-17H2,1-6H3/t18-,24+,26+,27+,28+,29+/m0/s1. The fraction of sp³-hybridized carbons (Fsp3) is 0.517. The van der Waals surface area contributed by atoms with E-state index >= 15 is 0 Å². The maximum atomic E-state index is 12.8. The second-order valence-corrected chi connectivity index (χ2v) is 9.58. The summed E-state index contributed by atoms with van der Waals surface area (Å²) in [6, 6.07) is 14.9. The van der Waals surface area contributed by atoms with Crippen LogP contribution in [0, 0.1) is 5.92 Å². The zero-order valence-corrected chi connectivity index (χ0v) is 23.4. The maximum absolute atomic E-state index is 12.8. The van der Waals surface area contributed by atoms with Crippen LogP contribution in [-0.2, 0) is 41.9 Å². The Morgan fingerprint density at radius 2 is 1.38 bits per heavy atom. The molecule has 0 bridgehead atoms. The number of ketones is 1. The summed E-state index contributed by atoms with van der Waals surface area (Å²) in [6.07, 6.45) is -4.49. The number of hydrogen-bond donors (Lipinski definition) is 1. The van der Waals surface area contributed by atoms with Gasteiger partial charge in [-0.3, -0.25) is 14.4 Å². The quantitative estimate of drug-likeness (QED) is 0.380. The maximum Gasteiger partial charge on any atom is 0.248 e. The fourth-order valence-electron chi connectivity index (χ4n) is 4.54. The van der Waals surface area contributed by atoms with E-state index in [0.717, 1.165) is 27.7 Å². The van der Waals surface area contributed by atoms with Crippen LogP contribution in [0.15, 0.2) is 48.5 Å². The first-order valence-corrected chi connectivity index (χ1v) is 12.8. The fourth-order valence-corrected chi connectivity index (χ4v) is 4.54. The number of benzene rings is 2. The number of aliphatic hydroxyl groups is 1. The van der Waals surface area contributed by atoms with Gasteiger partial charge in [0.25, 0.3) is 0 Å². The molecule has 0 aliphatic carbocycles. The Morgan fingerprint density at radius 3 is 1.82 bits per heavy atom. The van der Waals surface area contributed by atoms with Crippen molar-refractivity contribution in [2.75, 3.05) is 28.4 Å². The van der Waals surface area contributed by atoms with Crippen molar-refractivity contribution in [1.82, 2.24) is 5.06 Å². The summed E-state index contributed by atoms with van der Waals surface area (Å²) in [5, 5.41) is 11.8. The molecule has 1 heterocycles. The summed E-state index contributed by atoms with van der Waals surface area (Å²) in [4.78, 5) is 30.0. The minimum atomic E-state index is -1.38. The lowest BCUT2D eigenvalue weighted by Crippen LogP contribution is -2.60. The van der Waals surface area contributed by atoms with Gasteiger partial charge in [-0.15, -0.1) is 0 Å². The third-order valence-electron chi connectivity index (χ3n) is 6.99. The largest absolute Gasteiger partial charge is 0.497 e. The highest BCUT2D eigenvalue weighted by Gasteiger charge is 2.49. The van der Waals surface area contributed by atoms with Crippen molar-refractivity contribution in [2.45, 2.75) is 64.0 Å². The van der Waals surface area contributed by atoms with Gasteiger partial charge in [0, 0.05) is 13.0 Å². The summed E-state index contributed by atoms with van der Waals surface area (Å²) in [6.45, 7) is 3.61. The molecule has 0 spiro atoms. The summed E-state index contributed by atoms with van der Waals surface area (Å²) in [5.41, 5.74) is 1.79. The average Bonchev–Trinajstić information content (AvgIpc) is 2.95. The van der Waals surface area contributed by atoms with E-state index < -0.39 is 42.2 Å². The Hall–Kier alpha value is -3.02. The number of carbonyl (C=O) groups excluding carboxylic acids is 2. The molecular weight excluding hydrogens is 506 g/mol. The molecular formula is C29H39NO9. The molecule has 1 fully saturated rings. The van der Waals surface area contributed by atoms with Crippen molar-refractivity contribution < 1.29 is 43.2 Å². The number of Topliss-reactive ketones (excluding diaryl/α,β-unsaturated/α-hetero) is 1. The number of ether oxygens (including phenoxy) is 5. The van der Waals surface area contributed by atoms with E-state index in [4.69, 9.17) is 28.5 Å². The van der Waals surface area contributed by atoms with Crippen LogP contribution in [-0.4, -0.2) is 80.8 Å². The van der Waals surface area contributed by atoms with Crippen molar-refractivity contribution in [3.63, 3.8) is 0 Å². The highest BCUT2D eigenvalue weighted by molar-refractivity contribution is 5.81. The molecule has 2 aromatic carbocycles. The molecule has 10 heteroatoms. The van der Waals surface area contributed by atoms with E-state index in [2.05, 4.69) is 0 Å². The van der Waals surface area contributed by atoms with Crippen molar-refractivity contribution in [3.05, 3.63) is 59.7 Å². The number of aliphatic hydroxyl groups excluding tert-OH is 1. The van der Waals surface area contributed by atoms with Crippen LogP contribution in [0.2, 0.25) is 0 Å². The summed E-state index contributed by atoms with van der Waals surface area (Å²) < 4.78 is 29.5. The molecule has 214 valence electrons. The van der Waals surface area contributed by atoms with Gasteiger partial charge in [-0.2, -0.15) is 0 Å². The Morgan fingerprint density at radius 1 is 0.897 bits per heavy atom. The Balaban J connectivity index is 1.90. The molecule has 1 saturated heterocycles. The van der Waals surface area contributed by atoms with E-state index in [1.807, 2.05) is 55.5 Å². The molecule has 0 saturated carbocycles. The van der Waals surface area contributed by atoms with Crippen LogP contribution in [0.4, 0.5) is 0 Å². The third-order valence-corrected chi connectivity index (χ3v) is 6.99. The van der Waals surface area contributed by atoms with Crippen LogP contribution in [0.25, 0.3) is 0 Å². The predicted octanol–water partition coefficient (Wildman–Crippen LogP) is 2.94. The van der Waals surface area contributed by atoms with Crippen LogP contribution in [0.1, 0.15) is 31.4 Å². The first kappa shape index (κ1) is 30.5. The minimum absolute atomic E-state index is 0.103. The third kappa shape index (κ3) is 8.00. The molecule has 1 aliphatic rings. The second kappa shape index (κ2) is 14.4. The van der Waals surface area contributed by atoms with Crippen molar-refractivity contribution in [1.29, 1.82) is 0 Å². The Bertz CT molecular complexity index is 1060. The number of nitrogens with zero attached hydrogens (tertiary/aromatic N) is 1. The van der Waals surface area contributed by atoms with Gasteiger partial charge in [-0.05, 0) is 42.3 Å². The average molecular weight is 546 g/mol. The monoisotopic (exact) mass is 545 g/mol. The van der Waals surface area contributed by atoms with Gasteiger partial charge in [0.1, 0.15) is 23.7 Å². The number of rotatable bonds is 13. The lowest BCUT2D eigenvalue weighted by Gasteiger charge is -2.46. The predicted molar refractivity (Wildman–Crippen MR) is 142 cm³/mol. The zero-order valence-electron chi connectivity index (χ0n) is 23.4. The number of methoxy groups -OCH3 is 2. The number of hydrogen-bond acceptors (Lipinski definition) is 9. The van der Waals surface area contributed by atoms with E-state index in [9.17, 15) is 14.7 Å². The summed E-state index contributed by atoms with van der Waals surface area (Å²) in [5.74, 6) is 0.234. The first-order chi connectivity index (χ1) is 18.7. The molecule has 6 atom stereocenters. The van der Waals surface area contributed by atoms with Crippen LogP contribution >= 0.6 is 0 Å². The van der Waals surface area contributed by atoms with E-state index in [1.54, 1.807) is 14.2 Å². The number of carbonyl (C=O) groups is 2. The number of amides is 1. The number of hydroxylamine groups is 2. The van der Waals surface area contributed by atoms with Crippen molar-refractivity contribution in [3.8, 4) is 11.5 Å². The molecule has 1 aliphatic heterocycles. The van der Waals surface area contributed by atoms with Gasteiger partial charge < -0.3 is 28.8 Å². The van der Waals surface area contributed by atoms with E-state index in [1.165, 1.54) is 21.1 Å². The SMILES string of the molecule is COc1ccc(CO[C@@H]2[C@@H](C)[C@H]([C@H](O)C(C)=O)O[C@H](CC(=O)N(C)OC)[C@H]2OCc2ccc(OC)cc2)cc1. The molecule has 1 amide bonds. The van der Waals surface area contributed by atoms with E-state index in [-0.39, 0.29) is 25.5 Å². The van der Waals surface area contributed by atoms with Crippen molar-refractivity contribution >= 4 is 11.7 Å². The summed E-state index contributed by atoms with van der Waals surface area (Å²) in [7, 11) is 6.09. The molecule has 0 radical (unpaired) electrons. The van der Waals surface area contributed by atoms with E-state index in [0.29, 0.717) is 0 Å². The topological polar surface area (TPSA) is 113 Å². The first-order valence-electron chi connectivity index (χ1n) is 12.8. The molecule has 1 N–H and O–H groups in total. The highest BCUT2D eigenvalue weighted by atomic mass is 16.7. The molecule has 39 heavy (non-hydrogen) atoms. The molecule has 3 rings (SSSR count). The van der Waals surface area contributed by atoms with Crippen LogP contribution in [0.3, 0.4) is 0 Å². The van der Waals surface area contributed by atoms with Gasteiger partial charge >= 0.3 is 0 Å². The van der Waals surface area contributed by atoms with Gasteiger partial charge in [0.15, 0.2) is 5.78 Å². The van der Waals surface area contributed by atoms with Crippen LogP contribution < -0.4 is 9.47 Å².